The first-order chi connectivity index (χ1) is 11.7. The van der Waals surface area contributed by atoms with Crippen molar-refractivity contribution in [3.05, 3.63) is 83.9 Å². The van der Waals surface area contributed by atoms with E-state index in [4.69, 9.17) is 20.9 Å². The van der Waals surface area contributed by atoms with Gasteiger partial charge in [-0.15, -0.1) is 0 Å². The van der Waals surface area contributed by atoms with Gasteiger partial charge >= 0.3 is 0 Å². The number of anilines is 2. The van der Waals surface area contributed by atoms with Gasteiger partial charge < -0.3 is 20.9 Å². The van der Waals surface area contributed by atoms with E-state index >= 15 is 0 Å². The molecule has 0 bridgehead atoms. The maximum Gasteiger partial charge on any atom is 0.148 e. The highest BCUT2D eigenvalue weighted by molar-refractivity contribution is 5.73. The minimum atomic E-state index is 0.423. The molecule has 0 aliphatic rings. The summed E-state index contributed by atoms with van der Waals surface area (Å²) in [6.45, 7) is 0.884. The highest BCUT2D eigenvalue weighted by Gasteiger charge is 2.09. The Morgan fingerprint density at radius 1 is 0.667 bits per heavy atom. The highest BCUT2D eigenvalue weighted by atomic mass is 16.5. The second-order valence-corrected chi connectivity index (χ2v) is 5.47. The summed E-state index contributed by atoms with van der Waals surface area (Å²) >= 11 is 0. The zero-order valence-electron chi connectivity index (χ0n) is 13.3. The molecule has 4 N–H and O–H groups in total. The molecule has 0 spiro atoms. The molecule has 0 unspecified atom stereocenters. The maximum atomic E-state index is 6.02. The van der Waals surface area contributed by atoms with E-state index in [9.17, 15) is 0 Å². The van der Waals surface area contributed by atoms with Gasteiger partial charge in [0.25, 0.3) is 0 Å². The van der Waals surface area contributed by atoms with Crippen LogP contribution in [0.15, 0.2) is 72.8 Å². The van der Waals surface area contributed by atoms with Crippen molar-refractivity contribution in [1.29, 1.82) is 0 Å². The van der Waals surface area contributed by atoms with Gasteiger partial charge in [-0.3, -0.25) is 0 Å². The number of hydrogen-bond acceptors (Lipinski definition) is 4. The zero-order chi connectivity index (χ0) is 16.8. The summed E-state index contributed by atoms with van der Waals surface area (Å²) in [5.41, 5.74) is 15.0. The summed E-state index contributed by atoms with van der Waals surface area (Å²) in [4.78, 5) is 0. The topological polar surface area (TPSA) is 70.5 Å². The Labute approximate surface area is 141 Å². The molecule has 0 fully saturated rings. The monoisotopic (exact) mass is 320 g/mol. The van der Waals surface area contributed by atoms with Gasteiger partial charge in [0.1, 0.15) is 24.7 Å². The molecule has 0 radical (unpaired) electrons. The Kier molecular flexibility index (Phi) is 4.87. The van der Waals surface area contributed by atoms with Crippen molar-refractivity contribution in [2.24, 2.45) is 0 Å². The number of ether oxygens (including phenoxy) is 2. The largest absolute Gasteiger partial charge is 0.489 e. The molecular weight excluding hydrogens is 300 g/mol. The van der Waals surface area contributed by atoms with Crippen molar-refractivity contribution in [2.75, 3.05) is 11.5 Å². The molecule has 0 saturated carbocycles. The van der Waals surface area contributed by atoms with Crippen molar-refractivity contribution in [2.45, 2.75) is 13.2 Å². The number of rotatable bonds is 6. The van der Waals surface area contributed by atoms with Crippen LogP contribution >= 0.6 is 0 Å². The van der Waals surface area contributed by atoms with Crippen LogP contribution in [0.1, 0.15) is 11.1 Å². The average Bonchev–Trinajstić information content (AvgIpc) is 2.63. The van der Waals surface area contributed by atoms with Gasteiger partial charge in [0.15, 0.2) is 0 Å². The van der Waals surface area contributed by atoms with Crippen molar-refractivity contribution in [3.8, 4) is 11.5 Å². The van der Waals surface area contributed by atoms with E-state index in [1.807, 2.05) is 60.7 Å². The molecule has 0 amide bonds. The van der Waals surface area contributed by atoms with Gasteiger partial charge in [-0.05, 0) is 11.1 Å². The van der Waals surface area contributed by atoms with Crippen molar-refractivity contribution in [1.82, 2.24) is 0 Å². The van der Waals surface area contributed by atoms with Crippen LogP contribution in [0.4, 0.5) is 11.4 Å². The smallest absolute Gasteiger partial charge is 0.148 e. The van der Waals surface area contributed by atoms with Gasteiger partial charge in [-0.25, -0.2) is 0 Å². The molecule has 0 aliphatic carbocycles. The van der Waals surface area contributed by atoms with Crippen molar-refractivity contribution in [3.63, 3.8) is 0 Å². The van der Waals surface area contributed by atoms with Crippen molar-refractivity contribution < 1.29 is 9.47 Å². The van der Waals surface area contributed by atoms with Crippen LogP contribution in [0.2, 0.25) is 0 Å². The van der Waals surface area contributed by atoms with Crippen LogP contribution in [0.5, 0.6) is 11.5 Å². The van der Waals surface area contributed by atoms with Crippen LogP contribution in [0, 0.1) is 0 Å². The fourth-order valence-corrected chi connectivity index (χ4v) is 2.30. The number of hydrogen-bond donors (Lipinski definition) is 2. The molecule has 3 aromatic rings. The lowest BCUT2D eigenvalue weighted by Crippen LogP contribution is -2.03. The first kappa shape index (κ1) is 15.7. The first-order valence-electron chi connectivity index (χ1n) is 7.75. The normalized spacial score (nSPS) is 10.3. The molecule has 122 valence electrons. The summed E-state index contributed by atoms with van der Waals surface area (Å²) in [6, 6.07) is 23.3. The van der Waals surface area contributed by atoms with Crippen LogP contribution < -0.4 is 20.9 Å². The summed E-state index contributed by atoms with van der Waals surface area (Å²) in [5.74, 6) is 1.16. The van der Waals surface area contributed by atoms with Crippen LogP contribution in [0.25, 0.3) is 0 Å². The highest BCUT2D eigenvalue weighted by Crippen LogP contribution is 2.34. The number of benzene rings is 3. The Morgan fingerprint density at radius 3 is 1.79 bits per heavy atom. The lowest BCUT2D eigenvalue weighted by Gasteiger charge is -2.14. The molecule has 0 aromatic heterocycles. The fraction of sp³-hybridized carbons (Fsp3) is 0.100. The first-order valence-corrected chi connectivity index (χ1v) is 7.75. The van der Waals surface area contributed by atoms with Crippen molar-refractivity contribution >= 4 is 11.4 Å². The second kappa shape index (κ2) is 7.42. The number of nitrogen functional groups attached to an aromatic ring is 2. The molecule has 3 aromatic carbocycles. The predicted octanol–water partition coefficient (Wildman–Crippen LogP) is 4.01. The summed E-state index contributed by atoms with van der Waals surface area (Å²) in [5, 5.41) is 0. The summed E-state index contributed by atoms with van der Waals surface area (Å²) < 4.78 is 11.6. The summed E-state index contributed by atoms with van der Waals surface area (Å²) in [7, 11) is 0. The third-order valence-corrected chi connectivity index (χ3v) is 3.63. The third kappa shape index (κ3) is 3.98. The van der Waals surface area contributed by atoms with Crippen LogP contribution in [0.3, 0.4) is 0 Å². The lowest BCUT2D eigenvalue weighted by atomic mass is 10.2. The van der Waals surface area contributed by atoms with Gasteiger partial charge in [0.05, 0.1) is 11.4 Å². The Balaban J connectivity index is 1.71. The SMILES string of the molecule is Nc1cc(OCc2ccccc2)cc(OCc2ccccc2)c1N. The predicted molar refractivity (Wildman–Crippen MR) is 96.8 cm³/mol. The van der Waals surface area contributed by atoms with Gasteiger partial charge in [0, 0.05) is 12.1 Å². The van der Waals surface area contributed by atoms with E-state index < -0.39 is 0 Å². The Hall–Kier alpha value is -3.14. The molecule has 0 heterocycles. The minimum Gasteiger partial charge on any atom is -0.489 e. The average molecular weight is 320 g/mol. The zero-order valence-corrected chi connectivity index (χ0v) is 13.3. The lowest BCUT2D eigenvalue weighted by molar-refractivity contribution is 0.291. The fourth-order valence-electron chi connectivity index (χ4n) is 2.30. The van der Waals surface area contributed by atoms with E-state index in [2.05, 4.69) is 0 Å². The summed E-state index contributed by atoms with van der Waals surface area (Å²) in [6.07, 6.45) is 0. The Morgan fingerprint density at radius 2 is 1.21 bits per heavy atom. The minimum absolute atomic E-state index is 0.423. The number of nitrogens with two attached hydrogens (primary N) is 2. The molecular formula is C20H20N2O2. The molecule has 24 heavy (non-hydrogen) atoms. The van der Waals surface area contributed by atoms with E-state index in [-0.39, 0.29) is 0 Å². The molecule has 0 aliphatic heterocycles. The molecule has 4 heteroatoms. The van der Waals surface area contributed by atoms with E-state index in [1.54, 1.807) is 12.1 Å². The van der Waals surface area contributed by atoms with Gasteiger partial charge in [-0.2, -0.15) is 0 Å². The third-order valence-electron chi connectivity index (χ3n) is 3.63. The standard InChI is InChI=1S/C20H20N2O2/c21-18-11-17(23-13-15-7-3-1-4-8-15)12-19(20(18)22)24-14-16-9-5-2-6-10-16/h1-12H,13-14,21-22H2. The molecule has 0 saturated heterocycles. The maximum absolute atomic E-state index is 6.02. The van der Waals surface area contributed by atoms with E-state index in [1.165, 1.54) is 0 Å². The molecule has 4 nitrogen and oxygen atoms in total. The van der Waals surface area contributed by atoms with Crippen LogP contribution in [-0.2, 0) is 13.2 Å². The van der Waals surface area contributed by atoms with E-state index in [0.29, 0.717) is 36.1 Å². The van der Waals surface area contributed by atoms with Crippen LogP contribution in [-0.4, -0.2) is 0 Å². The van der Waals surface area contributed by atoms with Gasteiger partial charge in [-0.1, -0.05) is 60.7 Å². The molecule has 3 rings (SSSR count). The second-order valence-electron chi connectivity index (χ2n) is 5.47. The van der Waals surface area contributed by atoms with E-state index in [0.717, 1.165) is 11.1 Å². The Bertz CT molecular complexity index is 789. The van der Waals surface area contributed by atoms with Gasteiger partial charge in [0.2, 0.25) is 0 Å². The molecule has 0 atom stereocenters. The quantitative estimate of drug-likeness (QED) is 0.673.